The van der Waals surface area contributed by atoms with Crippen LogP contribution >= 0.6 is 0 Å². The van der Waals surface area contributed by atoms with Gasteiger partial charge in [0.05, 0.1) is 0 Å². The van der Waals surface area contributed by atoms with Gasteiger partial charge in [0.15, 0.2) is 0 Å². The Kier molecular flexibility index (Phi) is 3.45. The molecule has 0 spiro atoms. The molecule has 2 bridgehead atoms. The molecule has 1 N–H and O–H groups in total. The Bertz CT molecular complexity index is 250. The molecule has 2 aliphatic heterocycles. The van der Waals surface area contributed by atoms with Crippen LogP contribution in [0.3, 0.4) is 0 Å². The first-order valence-electron chi connectivity index (χ1n) is 7.70. The Hall–Kier alpha value is -0.0800. The number of hydrogen-bond donors (Lipinski definition) is 1. The van der Waals surface area contributed by atoms with Gasteiger partial charge in [-0.05, 0) is 52.0 Å². The normalized spacial score (nSPS) is 39.4. The van der Waals surface area contributed by atoms with E-state index in [4.69, 9.17) is 0 Å². The van der Waals surface area contributed by atoms with E-state index < -0.39 is 0 Å². The molecule has 98 valence electrons. The maximum Gasteiger partial charge on any atom is 0.0125 e. The summed E-state index contributed by atoms with van der Waals surface area (Å²) in [6.07, 6.45) is 11.5. The third-order valence-corrected chi connectivity index (χ3v) is 5.62. The second kappa shape index (κ2) is 4.89. The van der Waals surface area contributed by atoms with Crippen LogP contribution in [0.5, 0.6) is 0 Å². The molecule has 0 aromatic carbocycles. The maximum atomic E-state index is 3.75. The van der Waals surface area contributed by atoms with Crippen molar-refractivity contribution in [3.05, 3.63) is 0 Å². The van der Waals surface area contributed by atoms with Gasteiger partial charge in [0, 0.05) is 24.2 Å². The maximum absolute atomic E-state index is 3.75. The summed E-state index contributed by atoms with van der Waals surface area (Å²) in [5.41, 5.74) is 0. The number of nitrogens with zero attached hydrogens (tertiary/aromatic N) is 1. The van der Waals surface area contributed by atoms with E-state index in [1.807, 2.05) is 0 Å². The predicted molar refractivity (Wildman–Crippen MR) is 72.2 cm³/mol. The van der Waals surface area contributed by atoms with Crippen LogP contribution in [0.2, 0.25) is 0 Å². The van der Waals surface area contributed by atoms with Crippen LogP contribution in [-0.2, 0) is 0 Å². The molecule has 0 radical (unpaired) electrons. The molecule has 2 heterocycles. The first-order valence-corrected chi connectivity index (χ1v) is 7.70. The smallest absolute Gasteiger partial charge is 0.0125 e. The quantitative estimate of drug-likeness (QED) is 0.807. The Labute approximate surface area is 106 Å². The Morgan fingerprint density at radius 1 is 1.12 bits per heavy atom. The summed E-state index contributed by atoms with van der Waals surface area (Å²) in [6, 6.07) is 3.31. The van der Waals surface area contributed by atoms with Gasteiger partial charge in [-0.1, -0.05) is 19.3 Å². The van der Waals surface area contributed by atoms with E-state index in [-0.39, 0.29) is 0 Å². The number of hydrogen-bond acceptors (Lipinski definition) is 2. The van der Waals surface area contributed by atoms with Crippen molar-refractivity contribution in [2.24, 2.45) is 5.92 Å². The van der Waals surface area contributed by atoms with Gasteiger partial charge in [-0.25, -0.2) is 0 Å². The summed E-state index contributed by atoms with van der Waals surface area (Å²) < 4.78 is 0. The monoisotopic (exact) mass is 236 g/mol. The van der Waals surface area contributed by atoms with Gasteiger partial charge in [0.25, 0.3) is 0 Å². The molecule has 3 aliphatic rings. The molecule has 3 fully saturated rings. The number of nitrogens with one attached hydrogen (secondary N) is 1. The molecule has 3 rings (SSSR count). The summed E-state index contributed by atoms with van der Waals surface area (Å²) in [5.74, 6) is 1.05. The summed E-state index contributed by atoms with van der Waals surface area (Å²) in [5, 5.41) is 3.75. The summed E-state index contributed by atoms with van der Waals surface area (Å²) in [7, 11) is 2.37. The fourth-order valence-corrected chi connectivity index (χ4v) is 4.10. The molecule has 0 aromatic rings. The topological polar surface area (TPSA) is 15.3 Å². The van der Waals surface area contributed by atoms with Gasteiger partial charge in [0.1, 0.15) is 0 Å². The minimum atomic E-state index is 0.794. The Morgan fingerprint density at radius 3 is 2.29 bits per heavy atom. The minimum Gasteiger partial charge on any atom is -0.311 e. The molecule has 0 amide bonds. The third kappa shape index (κ3) is 2.53. The van der Waals surface area contributed by atoms with Crippen molar-refractivity contribution in [2.45, 2.75) is 82.5 Å². The molecule has 2 saturated heterocycles. The minimum absolute atomic E-state index is 0.794. The van der Waals surface area contributed by atoms with E-state index in [2.05, 4.69) is 24.2 Å². The van der Waals surface area contributed by atoms with E-state index in [9.17, 15) is 0 Å². The van der Waals surface area contributed by atoms with Crippen LogP contribution in [0, 0.1) is 5.92 Å². The van der Waals surface area contributed by atoms with Gasteiger partial charge < -0.3 is 10.2 Å². The molecule has 1 aliphatic carbocycles. The number of rotatable bonds is 4. The SMILES string of the molecule is CC(CC1CCC1)N(C)C1CC2CCC(C1)N2. The lowest BCUT2D eigenvalue weighted by atomic mass is 9.80. The average Bonchev–Trinajstić information content (AvgIpc) is 2.61. The molecule has 0 aromatic heterocycles. The highest BCUT2D eigenvalue weighted by atomic mass is 15.2. The average molecular weight is 236 g/mol. The Balaban J connectivity index is 1.52. The van der Waals surface area contributed by atoms with Gasteiger partial charge in [-0.15, -0.1) is 0 Å². The van der Waals surface area contributed by atoms with E-state index in [1.54, 1.807) is 0 Å². The summed E-state index contributed by atoms with van der Waals surface area (Å²) >= 11 is 0. The van der Waals surface area contributed by atoms with Crippen molar-refractivity contribution in [3.8, 4) is 0 Å². The van der Waals surface area contributed by atoms with E-state index in [1.165, 1.54) is 51.4 Å². The third-order valence-electron chi connectivity index (χ3n) is 5.62. The second-order valence-electron chi connectivity index (χ2n) is 6.81. The lowest BCUT2D eigenvalue weighted by Crippen LogP contribution is -2.49. The second-order valence-corrected chi connectivity index (χ2v) is 6.81. The molecule has 2 nitrogen and oxygen atoms in total. The molecule has 2 heteroatoms. The Morgan fingerprint density at radius 2 is 1.76 bits per heavy atom. The molecular formula is C15H28N2. The number of piperidine rings is 1. The van der Waals surface area contributed by atoms with Crippen LogP contribution in [-0.4, -0.2) is 36.1 Å². The van der Waals surface area contributed by atoms with E-state index in [0.717, 1.165) is 30.1 Å². The van der Waals surface area contributed by atoms with E-state index >= 15 is 0 Å². The fourth-order valence-electron chi connectivity index (χ4n) is 4.10. The lowest BCUT2D eigenvalue weighted by Gasteiger charge is -2.40. The zero-order valence-corrected chi connectivity index (χ0v) is 11.5. The van der Waals surface area contributed by atoms with Crippen LogP contribution in [0.4, 0.5) is 0 Å². The van der Waals surface area contributed by atoms with Gasteiger partial charge in [0.2, 0.25) is 0 Å². The molecule has 3 unspecified atom stereocenters. The predicted octanol–water partition coefficient (Wildman–Crippen LogP) is 2.78. The molecular weight excluding hydrogens is 208 g/mol. The van der Waals surface area contributed by atoms with Crippen LogP contribution < -0.4 is 5.32 Å². The van der Waals surface area contributed by atoms with Gasteiger partial charge in [-0.2, -0.15) is 0 Å². The van der Waals surface area contributed by atoms with Crippen molar-refractivity contribution < 1.29 is 0 Å². The highest BCUT2D eigenvalue weighted by molar-refractivity contribution is 4.96. The van der Waals surface area contributed by atoms with E-state index in [0.29, 0.717) is 0 Å². The first-order chi connectivity index (χ1) is 8.22. The number of fused-ring (bicyclic) bond motifs is 2. The fraction of sp³-hybridized carbons (Fsp3) is 1.00. The highest BCUT2D eigenvalue weighted by Crippen LogP contribution is 2.34. The van der Waals surface area contributed by atoms with Crippen molar-refractivity contribution in [3.63, 3.8) is 0 Å². The van der Waals surface area contributed by atoms with Crippen LogP contribution in [0.25, 0.3) is 0 Å². The largest absolute Gasteiger partial charge is 0.311 e. The van der Waals surface area contributed by atoms with Gasteiger partial charge >= 0.3 is 0 Å². The summed E-state index contributed by atoms with van der Waals surface area (Å²) in [4.78, 5) is 2.70. The van der Waals surface area contributed by atoms with Crippen molar-refractivity contribution in [2.75, 3.05) is 7.05 Å². The highest BCUT2D eigenvalue weighted by Gasteiger charge is 2.36. The molecule has 17 heavy (non-hydrogen) atoms. The van der Waals surface area contributed by atoms with Crippen LogP contribution in [0.1, 0.15) is 58.3 Å². The molecule has 3 atom stereocenters. The van der Waals surface area contributed by atoms with Crippen molar-refractivity contribution in [1.29, 1.82) is 0 Å². The van der Waals surface area contributed by atoms with Gasteiger partial charge in [-0.3, -0.25) is 0 Å². The zero-order valence-electron chi connectivity index (χ0n) is 11.5. The standard InChI is InChI=1S/C15H28N2/c1-11(8-12-4-3-5-12)17(2)15-9-13-6-7-14(10-15)16-13/h11-16H,3-10H2,1-2H3. The van der Waals surface area contributed by atoms with Crippen LogP contribution in [0.15, 0.2) is 0 Å². The first kappa shape index (κ1) is 12.0. The van der Waals surface area contributed by atoms with Crippen molar-refractivity contribution in [1.82, 2.24) is 10.2 Å². The zero-order chi connectivity index (χ0) is 11.8. The summed E-state index contributed by atoms with van der Waals surface area (Å²) in [6.45, 7) is 2.45. The molecule has 1 saturated carbocycles. The lowest BCUT2D eigenvalue weighted by molar-refractivity contribution is 0.105. The van der Waals surface area contributed by atoms with Crippen molar-refractivity contribution >= 4 is 0 Å².